The molecule has 0 amide bonds. The maximum absolute atomic E-state index is 11.0. The summed E-state index contributed by atoms with van der Waals surface area (Å²) in [5.74, 6) is -2.13. The van der Waals surface area contributed by atoms with E-state index in [2.05, 4.69) is 15.3 Å². The summed E-state index contributed by atoms with van der Waals surface area (Å²) in [6, 6.07) is 0. The van der Waals surface area contributed by atoms with Crippen LogP contribution in [-0.2, 0) is 4.74 Å². The molecule has 0 aromatic carbocycles. The molecule has 0 radical (unpaired) electrons. The number of nitrogen functional groups attached to an aromatic ring is 1. The van der Waals surface area contributed by atoms with Gasteiger partial charge >= 0.3 is 29.6 Å². The topological polar surface area (TPSA) is 174 Å². The average Bonchev–Trinajstić information content (AvgIpc) is 2.66. The van der Waals surface area contributed by atoms with Gasteiger partial charge in [0, 0.05) is 0 Å². The molecule has 1 aromatic heterocycles. The Morgan fingerprint density at radius 1 is 1.43 bits per heavy atom. The molecule has 1 aromatic rings. The number of hydrogen-bond donors (Lipinski definition) is 5. The van der Waals surface area contributed by atoms with E-state index in [4.69, 9.17) is 15.6 Å². The third-order valence-corrected chi connectivity index (χ3v) is 2.90. The number of carboxylic acid groups (broad SMARTS) is 1. The standard InChI is InChI=1S/C10H14N4O6.Na/c11-7-4(10(18)19)8(13-2-12-7)14-9-6(17)5(16)3(1-15)20-9;/h2-3,5-6,9,15-17H,1H2,(H,18,19)(H3,11,12,13,14);/q;+1/p-1/t3-,5-,6-,9-;/m1./s1. The number of carbonyl (C=O) groups is 1. The number of ether oxygens (including phenoxy) is 1. The first-order valence-electron chi connectivity index (χ1n) is 5.66. The Hall–Kier alpha value is -1.01. The van der Waals surface area contributed by atoms with Crippen LogP contribution in [0.1, 0.15) is 10.4 Å². The quantitative estimate of drug-likeness (QED) is 0.336. The van der Waals surface area contributed by atoms with Gasteiger partial charge in [-0.05, 0) is 0 Å². The third kappa shape index (κ3) is 3.61. The van der Waals surface area contributed by atoms with Crippen molar-refractivity contribution >= 4 is 17.6 Å². The molecule has 10 nitrogen and oxygen atoms in total. The van der Waals surface area contributed by atoms with E-state index in [9.17, 15) is 20.1 Å². The zero-order chi connectivity index (χ0) is 14.9. The zero-order valence-corrected chi connectivity index (χ0v) is 13.1. The van der Waals surface area contributed by atoms with Crippen molar-refractivity contribution in [3.63, 3.8) is 0 Å². The van der Waals surface area contributed by atoms with E-state index >= 15 is 0 Å². The number of aliphatic hydroxyl groups excluding tert-OH is 3. The molecule has 1 fully saturated rings. The Balaban J connectivity index is 0.00000220. The second kappa shape index (κ2) is 7.31. The van der Waals surface area contributed by atoms with Crippen molar-refractivity contribution in [2.45, 2.75) is 24.5 Å². The van der Waals surface area contributed by atoms with E-state index in [1.807, 2.05) is 0 Å². The minimum Gasteiger partial charge on any atom is -0.545 e. The first-order chi connectivity index (χ1) is 9.45. The molecule has 1 aliphatic heterocycles. The van der Waals surface area contributed by atoms with Crippen molar-refractivity contribution in [1.82, 2.24) is 9.97 Å². The van der Waals surface area contributed by atoms with E-state index in [1.165, 1.54) is 0 Å². The molecule has 0 aliphatic carbocycles. The van der Waals surface area contributed by atoms with Crippen LogP contribution in [-0.4, -0.2) is 62.4 Å². The maximum Gasteiger partial charge on any atom is 1.00 e. The Kier molecular flexibility index (Phi) is 6.28. The number of anilines is 2. The summed E-state index contributed by atoms with van der Waals surface area (Å²) < 4.78 is 5.14. The average molecular weight is 308 g/mol. The van der Waals surface area contributed by atoms with Crippen LogP contribution >= 0.6 is 0 Å². The van der Waals surface area contributed by atoms with Crippen LogP contribution in [0, 0.1) is 0 Å². The molecule has 6 N–H and O–H groups in total. The third-order valence-electron chi connectivity index (χ3n) is 2.90. The van der Waals surface area contributed by atoms with E-state index in [-0.39, 0.29) is 41.2 Å². The summed E-state index contributed by atoms with van der Waals surface area (Å²) in [6.07, 6.45) is -3.82. The normalized spacial score (nSPS) is 28.0. The van der Waals surface area contributed by atoms with Gasteiger partial charge < -0.3 is 41.0 Å². The van der Waals surface area contributed by atoms with Gasteiger partial charge in [-0.25, -0.2) is 9.97 Å². The van der Waals surface area contributed by atoms with Crippen LogP contribution in [0.25, 0.3) is 0 Å². The van der Waals surface area contributed by atoms with Crippen molar-refractivity contribution in [3.8, 4) is 0 Å². The van der Waals surface area contributed by atoms with Gasteiger partial charge in [-0.2, -0.15) is 0 Å². The van der Waals surface area contributed by atoms with Crippen molar-refractivity contribution in [3.05, 3.63) is 11.9 Å². The number of carbonyl (C=O) groups excluding carboxylic acids is 1. The Bertz CT molecular complexity index is 518. The van der Waals surface area contributed by atoms with Gasteiger partial charge in [0.15, 0.2) is 6.23 Å². The number of aromatic nitrogens is 2. The number of nitrogens with two attached hydrogens (primary N) is 1. The van der Waals surface area contributed by atoms with Gasteiger partial charge in [-0.3, -0.25) is 0 Å². The van der Waals surface area contributed by atoms with E-state index in [0.717, 1.165) is 6.33 Å². The molecular weight excluding hydrogens is 295 g/mol. The number of nitrogens with zero attached hydrogens (tertiary/aromatic N) is 2. The molecule has 11 heteroatoms. The van der Waals surface area contributed by atoms with Crippen molar-refractivity contribution in [2.75, 3.05) is 17.7 Å². The number of aliphatic hydroxyl groups is 3. The predicted octanol–water partition coefficient (Wildman–Crippen LogP) is -6.72. The smallest absolute Gasteiger partial charge is 0.545 e. The molecule has 1 aliphatic rings. The Morgan fingerprint density at radius 2 is 2.10 bits per heavy atom. The molecule has 2 heterocycles. The van der Waals surface area contributed by atoms with Crippen LogP contribution in [0.2, 0.25) is 0 Å². The van der Waals surface area contributed by atoms with Crippen molar-refractivity contribution in [1.29, 1.82) is 0 Å². The molecule has 1 saturated heterocycles. The largest absolute Gasteiger partial charge is 1.00 e. The summed E-state index contributed by atoms with van der Waals surface area (Å²) in [7, 11) is 0. The van der Waals surface area contributed by atoms with Crippen LogP contribution in [0.4, 0.5) is 11.6 Å². The second-order valence-corrected chi connectivity index (χ2v) is 4.17. The van der Waals surface area contributed by atoms with Crippen molar-refractivity contribution in [2.24, 2.45) is 0 Å². The summed E-state index contributed by atoms with van der Waals surface area (Å²) in [5.41, 5.74) is 4.93. The number of hydrogen-bond acceptors (Lipinski definition) is 10. The molecular formula is C10H13N4NaO6. The predicted molar refractivity (Wildman–Crippen MR) is 62.2 cm³/mol. The van der Waals surface area contributed by atoms with Crippen LogP contribution in [0.15, 0.2) is 6.33 Å². The molecule has 110 valence electrons. The number of rotatable bonds is 4. The molecule has 0 unspecified atom stereocenters. The fourth-order valence-electron chi connectivity index (χ4n) is 1.86. The second-order valence-electron chi connectivity index (χ2n) is 4.17. The summed E-state index contributed by atoms with van der Waals surface area (Å²) in [5, 5.41) is 41.7. The summed E-state index contributed by atoms with van der Waals surface area (Å²) in [4.78, 5) is 18.2. The van der Waals surface area contributed by atoms with Gasteiger partial charge in [0.25, 0.3) is 0 Å². The van der Waals surface area contributed by atoms with Crippen molar-refractivity contribution < 1.29 is 59.5 Å². The van der Waals surface area contributed by atoms with Crippen LogP contribution in [0.5, 0.6) is 0 Å². The van der Waals surface area contributed by atoms with Gasteiger partial charge in [0.2, 0.25) is 0 Å². The van der Waals surface area contributed by atoms with E-state index < -0.39 is 42.7 Å². The van der Waals surface area contributed by atoms with E-state index in [1.54, 1.807) is 0 Å². The molecule has 0 saturated carbocycles. The fraction of sp³-hybridized carbons (Fsp3) is 0.500. The van der Waals surface area contributed by atoms with Crippen LogP contribution < -0.4 is 45.7 Å². The molecule has 0 spiro atoms. The van der Waals surface area contributed by atoms with E-state index in [0.29, 0.717) is 0 Å². The molecule has 21 heavy (non-hydrogen) atoms. The molecule has 0 bridgehead atoms. The van der Waals surface area contributed by atoms with Gasteiger partial charge in [-0.1, -0.05) is 0 Å². The van der Waals surface area contributed by atoms with Gasteiger partial charge in [-0.15, -0.1) is 0 Å². The molecule has 2 rings (SSSR count). The zero-order valence-electron chi connectivity index (χ0n) is 11.1. The fourth-order valence-corrected chi connectivity index (χ4v) is 1.86. The monoisotopic (exact) mass is 308 g/mol. The molecule has 4 atom stereocenters. The van der Waals surface area contributed by atoms with Gasteiger partial charge in [0.05, 0.1) is 18.1 Å². The maximum atomic E-state index is 11.0. The minimum atomic E-state index is -1.60. The summed E-state index contributed by atoms with van der Waals surface area (Å²) >= 11 is 0. The van der Waals surface area contributed by atoms with Crippen LogP contribution in [0.3, 0.4) is 0 Å². The SMILES string of the molecule is Nc1ncnc(N[C@@H]2O[C@H](CO)[C@@H](O)[C@H]2O)c1C(=O)[O-].[Na+]. The van der Waals surface area contributed by atoms with Gasteiger partial charge in [0.1, 0.15) is 36.3 Å². The first kappa shape index (κ1) is 18.0. The first-order valence-corrected chi connectivity index (χ1v) is 5.66. The minimum absolute atomic E-state index is 0. The number of carboxylic acids is 1. The Labute approximate surface area is 141 Å². The Morgan fingerprint density at radius 3 is 2.62 bits per heavy atom. The summed E-state index contributed by atoms with van der Waals surface area (Å²) in [6.45, 7) is -0.504. The number of aromatic carboxylic acids is 1. The number of nitrogens with one attached hydrogen (secondary N) is 1.